The quantitative estimate of drug-likeness (QED) is 0.794. The summed E-state index contributed by atoms with van der Waals surface area (Å²) >= 11 is 0. The van der Waals surface area contributed by atoms with E-state index in [2.05, 4.69) is 4.74 Å². The van der Waals surface area contributed by atoms with Crippen molar-refractivity contribution in [3.05, 3.63) is 0 Å². The Morgan fingerprint density at radius 2 is 1.29 bits per heavy atom. The summed E-state index contributed by atoms with van der Waals surface area (Å²) in [6, 6.07) is 0. The molecule has 126 valence electrons. The summed E-state index contributed by atoms with van der Waals surface area (Å²) in [5.74, 6) is 0. The third-order valence-electron chi connectivity index (χ3n) is 2.45. The molecule has 0 aromatic rings. The van der Waals surface area contributed by atoms with E-state index >= 15 is 0 Å². The van der Waals surface area contributed by atoms with Gasteiger partial charge in [-0.1, -0.05) is 6.92 Å². The van der Waals surface area contributed by atoms with Crippen LogP contribution in [0.3, 0.4) is 0 Å². The van der Waals surface area contributed by atoms with Gasteiger partial charge in [0.2, 0.25) is 0 Å². The molecule has 0 aromatic heterocycles. The average molecular weight is 335 g/mol. The van der Waals surface area contributed by atoms with E-state index < -0.39 is 36.3 Å². The SMILES string of the molecule is CCC(C)OC(=O)NC(C(F)(F)F)(C(F)(F)F)C(F)(F)F. The standard InChI is InChI=1S/C9H10F9NO2/c1-3-4(2)21-5(20)19-6(7(10,11)12,8(13,14)15)9(16,17)18/h4H,3H2,1-2H3,(H,19,20). The number of amides is 1. The first-order valence-electron chi connectivity index (χ1n) is 5.29. The number of alkyl halides is 9. The summed E-state index contributed by atoms with van der Waals surface area (Å²) in [6.45, 7) is 2.43. The molecule has 3 nitrogen and oxygen atoms in total. The minimum atomic E-state index is -6.86. The predicted octanol–water partition coefficient (Wildman–Crippen LogP) is 3.94. The van der Waals surface area contributed by atoms with Crippen molar-refractivity contribution in [1.82, 2.24) is 5.32 Å². The van der Waals surface area contributed by atoms with Crippen molar-refractivity contribution in [2.45, 2.75) is 50.4 Å². The van der Waals surface area contributed by atoms with Crippen LogP contribution in [0.4, 0.5) is 44.3 Å². The van der Waals surface area contributed by atoms with Crippen LogP contribution < -0.4 is 5.32 Å². The fourth-order valence-electron chi connectivity index (χ4n) is 1.14. The lowest BCUT2D eigenvalue weighted by Gasteiger charge is -2.38. The third kappa shape index (κ3) is 3.84. The second kappa shape index (κ2) is 5.79. The predicted molar refractivity (Wildman–Crippen MR) is 50.3 cm³/mol. The summed E-state index contributed by atoms with van der Waals surface area (Å²) in [7, 11) is 0. The lowest BCUT2D eigenvalue weighted by atomic mass is 9.97. The zero-order valence-electron chi connectivity index (χ0n) is 10.5. The molecule has 0 rings (SSSR count). The van der Waals surface area contributed by atoms with E-state index in [1.807, 2.05) is 0 Å². The van der Waals surface area contributed by atoms with Gasteiger partial charge in [-0.25, -0.2) is 4.79 Å². The van der Waals surface area contributed by atoms with Crippen molar-refractivity contribution in [3.8, 4) is 0 Å². The number of carbonyl (C=O) groups excluding carboxylic acids is 1. The molecule has 0 heterocycles. The van der Waals surface area contributed by atoms with Crippen LogP contribution in [0.2, 0.25) is 0 Å². The van der Waals surface area contributed by atoms with Crippen molar-refractivity contribution in [1.29, 1.82) is 0 Å². The highest BCUT2D eigenvalue weighted by Crippen LogP contribution is 2.52. The highest BCUT2D eigenvalue weighted by Gasteiger charge is 2.85. The van der Waals surface area contributed by atoms with Crippen LogP contribution >= 0.6 is 0 Å². The number of alkyl carbamates (subject to hydrolysis) is 1. The molecule has 1 unspecified atom stereocenters. The normalized spacial score (nSPS) is 15.6. The minimum Gasteiger partial charge on any atom is -0.447 e. The zero-order valence-corrected chi connectivity index (χ0v) is 10.5. The topological polar surface area (TPSA) is 38.3 Å². The van der Waals surface area contributed by atoms with Gasteiger partial charge in [-0.2, -0.15) is 39.5 Å². The zero-order chi connectivity index (χ0) is 17.3. The molecule has 0 spiro atoms. The first-order chi connectivity index (χ1) is 9.10. The molecule has 1 atom stereocenters. The Hall–Kier alpha value is -1.36. The van der Waals surface area contributed by atoms with Crippen LogP contribution in [0.5, 0.6) is 0 Å². The fourth-order valence-corrected chi connectivity index (χ4v) is 1.14. The van der Waals surface area contributed by atoms with E-state index in [-0.39, 0.29) is 11.7 Å². The van der Waals surface area contributed by atoms with Crippen molar-refractivity contribution in [2.24, 2.45) is 0 Å². The van der Waals surface area contributed by atoms with Gasteiger partial charge in [-0.3, -0.25) is 5.32 Å². The highest BCUT2D eigenvalue weighted by atomic mass is 19.4. The van der Waals surface area contributed by atoms with Crippen molar-refractivity contribution >= 4 is 6.09 Å². The third-order valence-corrected chi connectivity index (χ3v) is 2.45. The van der Waals surface area contributed by atoms with E-state index in [1.165, 1.54) is 6.92 Å². The minimum absolute atomic E-state index is 0.0233. The number of rotatable bonds is 3. The maximum Gasteiger partial charge on any atom is 0.429 e. The Balaban J connectivity index is 5.79. The molecular formula is C9H10F9NO2. The lowest BCUT2D eigenvalue weighted by Crippen LogP contribution is -2.75. The van der Waals surface area contributed by atoms with Crippen molar-refractivity contribution in [3.63, 3.8) is 0 Å². The monoisotopic (exact) mass is 335 g/mol. The van der Waals surface area contributed by atoms with Gasteiger partial charge in [0.15, 0.2) is 0 Å². The first-order valence-corrected chi connectivity index (χ1v) is 5.29. The van der Waals surface area contributed by atoms with Gasteiger partial charge in [-0.15, -0.1) is 0 Å². The second-order valence-corrected chi connectivity index (χ2v) is 3.99. The molecule has 0 aromatic carbocycles. The van der Waals surface area contributed by atoms with Gasteiger partial charge in [0.25, 0.3) is 0 Å². The van der Waals surface area contributed by atoms with Gasteiger partial charge in [0, 0.05) is 0 Å². The van der Waals surface area contributed by atoms with E-state index in [9.17, 15) is 44.3 Å². The second-order valence-electron chi connectivity index (χ2n) is 3.99. The van der Waals surface area contributed by atoms with Crippen LogP contribution in [-0.2, 0) is 4.74 Å². The van der Waals surface area contributed by atoms with Gasteiger partial charge in [0.05, 0.1) is 0 Å². The number of hydrogen-bond acceptors (Lipinski definition) is 2. The molecule has 0 saturated carbocycles. The molecule has 1 N–H and O–H groups in total. The Morgan fingerprint density at radius 3 is 1.52 bits per heavy atom. The van der Waals surface area contributed by atoms with Gasteiger partial charge < -0.3 is 4.74 Å². The first kappa shape index (κ1) is 19.6. The van der Waals surface area contributed by atoms with Crippen LogP contribution in [0.15, 0.2) is 0 Å². The molecule has 1 amide bonds. The molecule has 0 aliphatic carbocycles. The number of ether oxygens (including phenoxy) is 1. The molecule has 0 fully saturated rings. The van der Waals surface area contributed by atoms with E-state index in [0.717, 1.165) is 6.92 Å². The Morgan fingerprint density at radius 1 is 0.952 bits per heavy atom. The van der Waals surface area contributed by atoms with Gasteiger partial charge >= 0.3 is 30.2 Å². The maximum absolute atomic E-state index is 12.4. The maximum atomic E-state index is 12.4. The molecule has 0 aliphatic rings. The summed E-state index contributed by atoms with van der Waals surface area (Å²) in [5, 5.41) is -0.121. The van der Waals surface area contributed by atoms with Gasteiger partial charge in [0.1, 0.15) is 6.10 Å². The molecule has 0 bridgehead atoms. The van der Waals surface area contributed by atoms with Crippen molar-refractivity contribution < 1.29 is 49.0 Å². The van der Waals surface area contributed by atoms with Crippen LogP contribution in [0, 0.1) is 0 Å². The van der Waals surface area contributed by atoms with E-state index in [4.69, 9.17) is 0 Å². The number of nitrogens with one attached hydrogen (secondary N) is 1. The van der Waals surface area contributed by atoms with Crippen LogP contribution in [0.1, 0.15) is 20.3 Å². The lowest BCUT2D eigenvalue weighted by molar-refractivity contribution is -0.387. The summed E-state index contributed by atoms with van der Waals surface area (Å²) in [4.78, 5) is 10.9. The van der Waals surface area contributed by atoms with E-state index in [0.29, 0.717) is 0 Å². The molecule has 0 radical (unpaired) electrons. The Labute approximate surface area is 112 Å². The molecule has 0 aliphatic heterocycles. The van der Waals surface area contributed by atoms with Crippen LogP contribution in [0.25, 0.3) is 0 Å². The van der Waals surface area contributed by atoms with E-state index in [1.54, 1.807) is 0 Å². The number of hydrogen-bond donors (Lipinski definition) is 1. The molecule has 12 heteroatoms. The largest absolute Gasteiger partial charge is 0.447 e. The van der Waals surface area contributed by atoms with Gasteiger partial charge in [-0.05, 0) is 13.3 Å². The Kier molecular flexibility index (Phi) is 5.42. The summed E-state index contributed by atoms with van der Waals surface area (Å²) in [6.07, 6.45) is -24.3. The molecular weight excluding hydrogens is 325 g/mol. The number of halogens is 9. The molecule has 21 heavy (non-hydrogen) atoms. The highest BCUT2D eigenvalue weighted by molar-refractivity contribution is 5.69. The Bertz CT molecular complexity index is 335. The van der Waals surface area contributed by atoms with Crippen molar-refractivity contribution in [2.75, 3.05) is 0 Å². The van der Waals surface area contributed by atoms with Crippen LogP contribution in [-0.4, -0.2) is 36.3 Å². The summed E-state index contributed by atoms with van der Waals surface area (Å²) in [5.41, 5.74) is -6.41. The smallest absolute Gasteiger partial charge is 0.429 e. The fraction of sp³-hybridized carbons (Fsp3) is 0.889. The average Bonchev–Trinajstić information content (AvgIpc) is 2.20. The number of carbonyl (C=O) groups is 1. The molecule has 0 saturated heterocycles. The summed E-state index contributed by atoms with van der Waals surface area (Å²) < 4.78 is 116.